The molecule has 0 aliphatic rings. The summed E-state index contributed by atoms with van der Waals surface area (Å²) in [6.07, 6.45) is -0.899. The lowest BCUT2D eigenvalue weighted by molar-refractivity contribution is -0.385. The number of ether oxygens (including phenoxy) is 2. The quantitative estimate of drug-likeness (QED) is 0.0630. The summed E-state index contributed by atoms with van der Waals surface area (Å²) >= 11 is 17.3. The number of aromatic nitrogens is 6. The number of anilines is 2. The summed E-state index contributed by atoms with van der Waals surface area (Å²) in [5, 5.41) is 13.1. The van der Waals surface area contributed by atoms with Crippen molar-refractivity contribution in [1.29, 1.82) is 0 Å². The van der Waals surface area contributed by atoms with Gasteiger partial charge in [-0.1, -0.05) is 46.9 Å². The first kappa shape index (κ1) is 42.3. The number of nitro groups is 1. The zero-order valence-corrected chi connectivity index (χ0v) is 31.1. The van der Waals surface area contributed by atoms with Crippen LogP contribution in [0.25, 0.3) is 22.4 Å². The van der Waals surface area contributed by atoms with E-state index in [0.29, 0.717) is 22.8 Å². The minimum atomic E-state index is -4.58. The van der Waals surface area contributed by atoms with Gasteiger partial charge in [-0.3, -0.25) is 14.9 Å². The van der Waals surface area contributed by atoms with Crippen LogP contribution in [0.2, 0.25) is 15.5 Å². The number of nitrogens with one attached hydrogen (secondary N) is 2. The zero-order valence-electron chi connectivity index (χ0n) is 28.8. The Morgan fingerprint density at radius 3 is 2.04 bits per heavy atom. The van der Waals surface area contributed by atoms with E-state index in [4.69, 9.17) is 40.5 Å². The number of imidazole rings is 1. The third-order valence-electron chi connectivity index (χ3n) is 7.07. The number of hydrogen-bond acceptors (Lipinski definition) is 13. The van der Waals surface area contributed by atoms with Gasteiger partial charge >= 0.3 is 18.1 Å². The minimum Gasteiger partial charge on any atom is -0.465 e. The van der Waals surface area contributed by atoms with Crippen molar-refractivity contribution in [2.45, 2.75) is 13.1 Å². The molecule has 16 nitrogen and oxygen atoms in total. The molecular weight excluding hydrogens is 810 g/mol. The lowest BCUT2D eigenvalue weighted by Gasteiger charge is -2.11. The molecule has 0 saturated carbocycles. The van der Waals surface area contributed by atoms with Gasteiger partial charge in [-0.05, 0) is 43.3 Å². The Morgan fingerprint density at radius 2 is 1.45 bits per heavy atom. The van der Waals surface area contributed by atoms with Crippen molar-refractivity contribution in [2.75, 3.05) is 25.3 Å². The van der Waals surface area contributed by atoms with E-state index in [1.165, 1.54) is 32.5 Å². The molecule has 5 aromatic heterocycles. The molecule has 0 spiro atoms. The average Bonchev–Trinajstić information content (AvgIpc) is 3.60. The Labute approximate surface area is 328 Å². The minimum absolute atomic E-state index is 0.0169. The van der Waals surface area contributed by atoms with Gasteiger partial charge in [-0.2, -0.15) is 13.2 Å². The highest BCUT2D eigenvalue weighted by Gasteiger charge is 2.33. The van der Waals surface area contributed by atoms with Gasteiger partial charge in [0.05, 0.1) is 76.3 Å². The number of para-hydroxylation sites is 2. The van der Waals surface area contributed by atoms with Gasteiger partial charge in [0.25, 0.3) is 11.6 Å². The topological polar surface area (TPSA) is 231 Å². The number of aryl methyl sites for hydroxylation is 1. The number of hydrogen-bond donors (Lipinski definition) is 3. The van der Waals surface area contributed by atoms with Crippen LogP contribution in [0.1, 0.15) is 42.5 Å². The Kier molecular flexibility index (Phi) is 13.8. The van der Waals surface area contributed by atoms with E-state index in [1.807, 2.05) is 24.3 Å². The van der Waals surface area contributed by atoms with Gasteiger partial charge in [0, 0.05) is 6.07 Å². The normalized spacial score (nSPS) is 10.7. The predicted octanol–water partition coefficient (Wildman–Crippen LogP) is 7.79. The number of aromatic amines is 1. The van der Waals surface area contributed by atoms with Crippen molar-refractivity contribution in [3.63, 3.8) is 0 Å². The number of benzene rings is 1. The van der Waals surface area contributed by atoms with Gasteiger partial charge in [0.2, 0.25) is 0 Å². The van der Waals surface area contributed by atoms with Crippen LogP contribution in [-0.4, -0.2) is 66.9 Å². The Hall–Kier alpha value is -6.44. The molecule has 6 aromatic rings. The lowest BCUT2D eigenvalue weighted by atomic mass is 10.1. The molecule has 0 radical (unpaired) electrons. The number of rotatable bonds is 6. The molecular formula is C34H25Cl3F3N9O7. The third-order valence-corrected chi connectivity index (χ3v) is 7.97. The lowest BCUT2D eigenvalue weighted by Crippen LogP contribution is -2.16. The molecule has 4 N–H and O–H groups in total. The second-order valence-corrected chi connectivity index (χ2v) is 11.9. The van der Waals surface area contributed by atoms with Gasteiger partial charge in [-0.25, -0.2) is 34.5 Å². The van der Waals surface area contributed by atoms with E-state index in [-0.39, 0.29) is 43.5 Å². The number of H-pyrrole nitrogens is 1. The molecule has 1 aromatic carbocycles. The van der Waals surface area contributed by atoms with Crippen molar-refractivity contribution in [3.8, 4) is 11.4 Å². The fourth-order valence-electron chi connectivity index (χ4n) is 4.43. The molecule has 0 aliphatic heterocycles. The van der Waals surface area contributed by atoms with Gasteiger partial charge in [-0.15, -0.1) is 0 Å². The average molecular weight is 835 g/mol. The first-order valence-electron chi connectivity index (χ1n) is 15.3. The third kappa shape index (κ3) is 10.6. The highest BCUT2D eigenvalue weighted by molar-refractivity contribution is 6.33. The van der Waals surface area contributed by atoms with Gasteiger partial charge in [0.1, 0.15) is 38.7 Å². The van der Waals surface area contributed by atoms with E-state index >= 15 is 0 Å². The van der Waals surface area contributed by atoms with Crippen LogP contribution in [0.5, 0.6) is 0 Å². The molecule has 0 atom stereocenters. The molecule has 0 bridgehead atoms. The second kappa shape index (κ2) is 18.3. The smallest absolute Gasteiger partial charge is 0.433 e. The first-order chi connectivity index (χ1) is 26.4. The maximum absolute atomic E-state index is 12.8. The predicted molar refractivity (Wildman–Crippen MR) is 199 cm³/mol. The Bertz CT molecular complexity index is 2420. The van der Waals surface area contributed by atoms with Crippen LogP contribution in [0, 0.1) is 17.0 Å². The SMILES string of the molecule is COC(=O)c1cc(N)cnc1Cl.COC(=O)c1cc([N+](=O)[O-])cnc1Cl.Cc1nc(C(F)(F)F)ccc1C(=O)Nc1cnc(Cl)c(-c2nc3ccccc3[nH]2)c1. The number of nitrogens with two attached hydrogens (primary N) is 1. The number of fused-ring (bicyclic) bond motifs is 1. The van der Waals surface area contributed by atoms with Crippen molar-refractivity contribution in [3.05, 3.63) is 127 Å². The maximum atomic E-state index is 12.8. The number of methoxy groups -OCH3 is 2. The number of alkyl halides is 3. The number of pyridine rings is 4. The molecule has 290 valence electrons. The molecule has 0 fully saturated rings. The van der Waals surface area contributed by atoms with Crippen LogP contribution in [0.4, 0.5) is 30.2 Å². The molecule has 0 saturated heterocycles. The van der Waals surface area contributed by atoms with E-state index < -0.39 is 34.6 Å². The molecule has 6 rings (SSSR count). The molecule has 22 heteroatoms. The number of halogens is 6. The van der Waals surface area contributed by atoms with Crippen molar-refractivity contribution in [1.82, 2.24) is 29.9 Å². The highest BCUT2D eigenvalue weighted by Crippen LogP contribution is 2.30. The molecule has 1 amide bonds. The largest absolute Gasteiger partial charge is 0.465 e. The van der Waals surface area contributed by atoms with Crippen LogP contribution < -0.4 is 11.1 Å². The van der Waals surface area contributed by atoms with E-state index in [0.717, 1.165) is 42.5 Å². The first-order valence-corrected chi connectivity index (χ1v) is 16.4. The number of nitrogens with zero attached hydrogens (tertiary/aromatic N) is 6. The summed E-state index contributed by atoms with van der Waals surface area (Å²) in [6.45, 7) is 1.34. The Morgan fingerprint density at radius 1 is 0.839 bits per heavy atom. The number of amides is 1. The molecule has 0 aliphatic carbocycles. The summed E-state index contributed by atoms with van der Waals surface area (Å²) in [5.41, 5.74) is 6.75. The Balaban J connectivity index is 0.000000221. The van der Waals surface area contributed by atoms with Crippen LogP contribution in [0.15, 0.2) is 73.2 Å². The van der Waals surface area contributed by atoms with Gasteiger partial charge in [0.15, 0.2) is 0 Å². The standard InChI is InChI=1S/C20H13ClF3N5O.C7H5ClN2O4.C7H7ClN2O2/c1-10-12(6-7-16(26-10)20(22,23)24)19(30)27-11-8-13(17(21)25-9-11)18-28-14-4-2-3-5-15(14)29-18;1-14-7(11)5-2-4(10(12)13)3-9-6(5)8;1-12-7(11)5-2-4(9)3-10-6(5)8/h2-9H,1H3,(H,27,30)(H,28,29);2-3H,1H3;2-3H,9H2,1H3. The number of carbonyl (C=O) groups is 3. The fourth-order valence-corrected chi connectivity index (χ4v) is 4.98. The van der Waals surface area contributed by atoms with Crippen molar-refractivity contribution < 1.29 is 42.0 Å². The van der Waals surface area contributed by atoms with E-state index in [2.05, 4.69) is 44.7 Å². The molecule has 56 heavy (non-hydrogen) atoms. The van der Waals surface area contributed by atoms with Crippen LogP contribution in [0.3, 0.4) is 0 Å². The summed E-state index contributed by atoms with van der Waals surface area (Å²) in [7, 11) is 2.42. The highest BCUT2D eigenvalue weighted by atomic mass is 35.5. The van der Waals surface area contributed by atoms with E-state index in [9.17, 15) is 37.7 Å². The van der Waals surface area contributed by atoms with E-state index in [1.54, 1.807) is 6.07 Å². The number of carbonyl (C=O) groups excluding carboxylic acids is 3. The van der Waals surface area contributed by atoms with Crippen molar-refractivity contribution >= 4 is 80.7 Å². The maximum Gasteiger partial charge on any atom is 0.433 e. The van der Waals surface area contributed by atoms with Crippen molar-refractivity contribution in [2.24, 2.45) is 0 Å². The van der Waals surface area contributed by atoms with Crippen LogP contribution in [-0.2, 0) is 15.7 Å². The molecule has 0 unspecified atom stereocenters. The summed E-state index contributed by atoms with van der Waals surface area (Å²) in [6, 6.07) is 13.3. The number of esters is 2. The second-order valence-electron chi connectivity index (χ2n) is 10.8. The number of nitrogen functional groups attached to an aromatic ring is 1. The zero-order chi connectivity index (χ0) is 41.3. The summed E-state index contributed by atoms with van der Waals surface area (Å²) in [5.74, 6) is -1.45. The summed E-state index contributed by atoms with van der Waals surface area (Å²) < 4.78 is 47.1. The monoisotopic (exact) mass is 833 g/mol. The fraction of sp³-hybridized carbons (Fsp3) is 0.118. The van der Waals surface area contributed by atoms with Crippen LogP contribution >= 0.6 is 34.8 Å². The summed E-state index contributed by atoms with van der Waals surface area (Å²) in [4.78, 5) is 66.6. The van der Waals surface area contributed by atoms with Gasteiger partial charge < -0.3 is 25.5 Å². The molecule has 5 heterocycles.